The first kappa shape index (κ1) is 15.3. The number of benzene rings is 1. The van der Waals surface area contributed by atoms with Gasteiger partial charge in [-0.3, -0.25) is 4.90 Å². The summed E-state index contributed by atoms with van der Waals surface area (Å²) in [6.45, 7) is 6.73. The summed E-state index contributed by atoms with van der Waals surface area (Å²) in [5.41, 5.74) is 0. The first-order valence-corrected chi connectivity index (χ1v) is 9.94. The third-order valence-electron chi connectivity index (χ3n) is 4.48. The standard InChI is InChI=1S/C19H22N2S2/c1-14-7-8-17(22-14)19(21-11-4-9-20-10-12-21)18-13-15-5-2-3-6-16(15)23-18/h2-3,5-8,13,19-20H,4,9-12H2,1H3. The van der Waals surface area contributed by atoms with Crippen LogP contribution in [0.1, 0.15) is 27.1 Å². The highest BCUT2D eigenvalue weighted by atomic mass is 32.1. The Kier molecular flexibility index (Phi) is 4.49. The second kappa shape index (κ2) is 6.73. The fourth-order valence-corrected chi connectivity index (χ4v) is 5.69. The van der Waals surface area contributed by atoms with Crippen molar-refractivity contribution in [3.05, 3.63) is 57.1 Å². The summed E-state index contributed by atoms with van der Waals surface area (Å²) in [7, 11) is 0. The molecule has 1 aliphatic rings. The fraction of sp³-hybridized carbons (Fsp3) is 0.368. The van der Waals surface area contributed by atoms with E-state index in [0.717, 1.165) is 19.6 Å². The highest BCUT2D eigenvalue weighted by molar-refractivity contribution is 7.19. The van der Waals surface area contributed by atoms with Crippen LogP contribution in [0.5, 0.6) is 0 Å². The molecule has 23 heavy (non-hydrogen) atoms. The molecule has 3 heterocycles. The third kappa shape index (κ3) is 3.22. The number of rotatable bonds is 3. The van der Waals surface area contributed by atoms with Gasteiger partial charge in [0, 0.05) is 39.0 Å². The molecule has 1 saturated heterocycles. The van der Waals surface area contributed by atoms with Gasteiger partial charge in [0.05, 0.1) is 6.04 Å². The van der Waals surface area contributed by atoms with E-state index in [-0.39, 0.29) is 0 Å². The van der Waals surface area contributed by atoms with Crippen LogP contribution in [0.15, 0.2) is 42.5 Å². The molecule has 2 nitrogen and oxygen atoms in total. The number of nitrogens with zero attached hydrogens (tertiary/aromatic N) is 1. The van der Waals surface area contributed by atoms with E-state index in [1.165, 1.54) is 37.7 Å². The van der Waals surface area contributed by atoms with Crippen LogP contribution in [0, 0.1) is 6.92 Å². The van der Waals surface area contributed by atoms with Crippen LogP contribution in [-0.4, -0.2) is 31.1 Å². The van der Waals surface area contributed by atoms with Crippen molar-refractivity contribution in [3.8, 4) is 0 Å². The molecule has 4 heteroatoms. The van der Waals surface area contributed by atoms with E-state index in [9.17, 15) is 0 Å². The Labute approximate surface area is 145 Å². The summed E-state index contributed by atoms with van der Waals surface area (Å²) in [6, 6.07) is 16.1. The van der Waals surface area contributed by atoms with Crippen molar-refractivity contribution in [2.24, 2.45) is 0 Å². The first-order valence-electron chi connectivity index (χ1n) is 8.31. The van der Waals surface area contributed by atoms with E-state index >= 15 is 0 Å². The monoisotopic (exact) mass is 342 g/mol. The Bertz CT molecular complexity index is 748. The van der Waals surface area contributed by atoms with Gasteiger partial charge in [-0.25, -0.2) is 0 Å². The zero-order valence-corrected chi connectivity index (χ0v) is 15.1. The van der Waals surface area contributed by atoms with Gasteiger partial charge in [-0.15, -0.1) is 22.7 Å². The molecule has 0 bridgehead atoms. The van der Waals surface area contributed by atoms with Crippen LogP contribution in [0.2, 0.25) is 0 Å². The summed E-state index contributed by atoms with van der Waals surface area (Å²) in [5.74, 6) is 0. The fourth-order valence-electron chi connectivity index (χ4n) is 3.36. The van der Waals surface area contributed by atoms with Gasteiger partial charge in [-0.2, -0.15) is 0 Å². The smallest absolute Gasteiger partial charge is 0.0790 e. The van der Waals surface area contributed by atoms with Gasteiger partial charge >= 0.3 is 0 Å². The van der Waals surface area contributed by atoms with Crippen molar-refractivity contribution >= 4 is 32.8 Å². The van der Waals surface area contributed by atoms with Crippen LogP contribution in [0.3, 0.4) is 0 Å². The molecule has 1 atom stereocenters. The largest absolute Gasteiger partial charge is 0.315 e. The summed E-state index contributed by atoms with van der Waals surface area (Å²) >= 11 is 3.90. The molecular formula is C19H22N2S2. The Morgan fingerprint density at radius 3 is 2.74 bits per heavy atom. The Morgan fingerprint density at radius 2 is 1.91 bits per heavy atom. The Hall–Kier alpha value is -1.20. The summed E-state index contributed by atoms with van der Waals surface area (Å²) < 4.78 is 1.40. The van der Waals surface area contributed by atoms with E-state index in [0.29, 0.717) is 6.04 Å². The van der Waals surface area contributed by atoms with E-state index in [1.54, 1.807) is 0 Å². The van der Waals surface area contributed by atoms with Crippen molar-refractivity contribution in [2.45, 2.75) is 19.4 Å². The highest BCUT2D eigenvalue weighted by Crippen LogP contribution is 2.39. The van der Waals surface area contributed by atoms with Gasteiger partial charge < -0.3 is 5.32 Å². The topological polar surface area (TPSA) is 15.3 Å². The molecule has 0 saturated carbocycles. The molecule has 0 aliphatic carbocycles. The minimum Gasteiger partial charge on any atom is -0.315 e. The number of fused-ring (bicyclic) bond motifs is 1. The maximum atomic E-state index is 3.53. The van der Waals surface area contributed by atoms with Gasteiger partial charge in [0.15, 0.2) is 0 Å². The maximum absolute atomic E-state index is 3.53. The van der Waals surface area contributed by atoms with Crippen LogP contribution in [0.25, 0.3) is 10.1 Å². The molecule has 0 spiro atoms. The summed E-state index contributed by atoms with van der Waals surface area (Å²) in [6.07, 6.45) is 1.23. The first-order chi connectivity index (χ1) is 11.3. The highest BCUT2D eigenvalue weighted by Gasteiger charge is 2.26. The van der Waals surface area contributed by atoms with Crippen LogP contribution < -0.4 is 5.32 Å². The molecule has 2 aromatic heterocycles. The average Bonchev–Trinajstić information content (AvgIpc) is 3.07. The van der Waals surface area contributed by atoms with Crippen LogP contribution >= 0.6 is 22.7 Å². The van der Waals surface area contributed by atoms with E-state index in [1.807, 2.05) is 22.7 Å². The van der Waals surface area contributed by atoms with Gasteiger partial charge in [-0.1, -0.05) is 18.2 Å². The summed E-state index contributed by atoms with van der Waals surface area (Å²) in [4.78, 5) is 7.03. The van der Waals surface area contributed by atoms with Gasteiger partial charge in [0.1, 0.15) is 0 Å². The molecule has 4 rings (SSSR count). The molecule has 1 N–H and O–H groups in total. The van der Waals surface area contributed by atoms with Crippen molar-refractivity contribution in [3.63, 3.8) is 0 Å². The van der Waals surface area contributed by atoms with Crippen molar-refractivity contribution < 1.29 is 0 Å². The second-order valence-corrected chi connectivity index (χ2v) is 8.61. The number of hydrogen-bond acceptors (Lipinski definition) is 4. The van der Waals surface area contributed by atoms with Gasteiger partial charge in [0.25, 0.3) is 0 Å². The number of aryl methyl sites for hydroxylation is 1. The van der Waals surface area contributed by atoms with Crippen molar-refractivity contribution in [1.29, 1.82) is 0 Å². The van der Waals surface area contributed by atoms with Gasteiger partial charge in [0.2, 0.25) is 0 Å². The second-order valence-electron chi connectivity index (χ2n) is 6.18. The van der Waals surface area contributed by atoms with Gasteiger partial charge in [-0.05, 0) is 49.5 Å². The third-order valence-corrected chi connectivity index (χ3v) is 6.71. The lowest BCUT2D eigenvalue weighted by Gasteiger charge is -2.29. The van der Waals surface area contributed by atoms with E-state index in [2.05, 4.69) is 59.6 Å². The zero-order valence-electron chi connectivity index (χ0n) is 13.4. The SMILES string of the molecule is Cc1ccc(C(c2cc3ccccc3s2)N2CCCNCC2)s1. The normalized spacial score (nSPS) is 18.1. The lowest BCUT2D eigenvalue weighted by molar-refractivity contribution is 0.247. The van der Waals surface area contributed by atoms with E-state index in [4.69, 9.17) is 0 Å². The minimum absolute atomic E-state index is 0.408. The molecule has 1 aliphatic heterocycles. The number of hydrogen-bond donors (Lipinski definition) is 1. The number of thiophene rings is 2. The van der Waals surface area contributed by atoms with Crippen molar-refractivity contribution in [2.75, 3.05) is 26.2 Å². The average molecular weight is 343 g/mol. The van der Waals surface area contributed by atoms with Crippen LogP contribution in [0.4, 0.5) is 0 Å². The molecule has 3 aromatic rings. The van der Waals surface area contributed by atoms with Crippen molar-refractivity contribution in [1.82, 2.24) is 10.2 Å². The molecule has 120 valence electrons. The van der Waals surface area contributed by atoms with E-state index < -0.39 is 0 Å². The zero-order chi connectivity index (χ0) is 15.6. The van der Waals surface area contributed by atoms with Crippen LogP contribution in [-0.2, 0) is 0 Å². The molecule has 1 unspecified atom stereocenters. The predicted octanol–water partition coefficient (Wildman–Crippen LogP) is 4.66. The molecule has 0 amide bonds. The quantitative estimate of drug-likeness (QED) is 0.745. The maximum Gasteiger partial charge on any atom is 0.0790 e. The molecular weight excluding hydrogens is 320 g/mol. The predicted molar refractivity (Wildman–Crippen MR) is 102 cm³/mol. The molecule has 0 radical (unpaired) electrons. The molecule has 1 aromatic carbocycles. The lowest BCUT2D eigenvalue weighted by Crippen LogP contribution is -2.32. The molecule has 1 fully saturated rings. The Morgan fingerprint density at radius 1 is 1.00 bits per heavy atom. The number of nitrogens with one attached hydrogen (secondary N) is 1. The summed E-state index contributed by atoms with van der Waals surface area (Å²) in [5, 5.41) is 4.91. The minimum atomic E-state index is 0.408. The Balaban J connectivity index is 1.77. The lowest BCUT2D eigenvalue weighted by atomic mass is 10.1.